The van der Waals surface area contributed by atoms with E-state index in [1.54, 1.807) is 0 Å². The molecule has 18 heavy (non-hydrogen) atoms. The van der Waals surface area contributed by atoms with Crippen LogP contribution in [-0.2, 0) is 11.2 Å². The summed E-state index contributed by atoms with van der Waals surface area (Å²) in [6.45, 7) is 4.99. The second-order valence-electron chi connectivity index (χ2n) is 4.79. The quantitative estimate of drug-likeness (QED) is 0.908. The average molecular weight is 313 g/mol. The standard InChI is InChI=1S/C14H21BrN2O/c1-2-16-14(11-5-7-18-8-6-11)9-13-4-3-12(15)10-17-13/h3-4,10-11,14,16H,2,5-9H2,1H3. The van der Waals surface area contributed by atoms with Crippen molar-refractivity contribution in [3.05, 3.63) is 28.5 Å². The molecular weight excluding hydrogens is 292 g/mol. The SMILES string of the molecule is CCNC(Cc1ccc(Br)cn1)C1CCOCC1. The van der Waals surface area contributed by atoms with Crippen LogP contribution in [0.2, 0.25) is 0 Å². The van der Waals surface area contributed by atoms with Crippen LogP contribution in [0.25, 0.3) is 0 Å². The third-order valence-corrected chi connectivity index (χ3v) is 3.99. The zero-order valence-corrected chi connectivity index (χ0v) is 12.4. The van der Waals surface area contributed by atoms with Crippen LogP contribution >= 0.6 is 15.9 Å². The van der Waals surface area contributed by atoms with Gasteiger partial charge in [0.1, 0.15) is 0 Å². The Morgan fingerprint density at radius 2 is 2.22 bits per heavy atom. The van der Waals surface area contributed by atoms with Gasteiger partial charge in [-0.25, -0.2) is 0 Å². The lowest BCUT2D eigenvalue weighted by Gasteiger charge is -2.30. The highest BCUT2D eigenvalue weighted by Crippen LogP contribution is 2.21. The number of hydrogen-bond acceptors (Lipinski definition) is 3. The van der Waals surface area contributed by atoms with Gasteiger partial charge in [0, 0.05) is 42.0 Å². The first-order chi connectivity index (χ1) is 8.79. The predicted molar refractivity (Wildman–Crippen MR) is 76.6 cm³/mol. The first-order valence-corrected chi connectivity index (χ1v) is 7.50. The van der Waals surface area contributed by atoms with E-state index in [0.717, 1.165) is 49.2 Å². The number of likely N-dealkylation sites (N-methyl/N-ethyl adjacent to an activating group) is 1. The third-order valence-electron chi connectivity index (χ3n) is 3.52. The monoisotopic (exact) mass is 312 g/mol. The maximum Gasteiger partial charge on any atom is 0.0469 e. The number of aromatic nitrogens is 1. The molecule has 4 heteroatoms. The van der Waals surface area contributed by atoms with Gasteiger partial charge in [0.15, 0.2) is 0 Å². The van der Waals surface area contributed by atoms with E-state index in [9.17, 15) is 0 Å². The fraction of sp³-hybridized carbons (Fsp3) is 0.643. The number of nitrogens with one attached hydrogen (secondary N) is 1. The van der Waals surface area contributed by atoms with Crippen molar-refractivity contribution in [3.63, 3.8) is 0 Å². The minimum absolute atomic E-state index is 0.521. The summed E-state index contributed by atoms with van der Waals surface area (Å²) >= 11 is 3.42. The summed E-state index contributed by atoms with van der Waals surface area (Å²) in [6, 6.07) is 4.69. The second-order valence-corrected chi connectivity index (χ2v) is 5.70. The van der Waals surface area contributed by atoms with Crippen molar-refractivity contribution in [3.8, 4) is 0 Å². The minimum Gasteiger partial charge on any atom is -0.381 e. The third kappa shape index (κ3) is 4.04. The fourth-order valence-corrected chi connectivity index (χ4v) is 2.77. The molecule has 0 aliphatic carbocycles. The van der Waals surface area contributed by atoms with Crippen LogP contribution in [0.4, 0.5) is 0 Å². The largest absolute Gasteiger partial charge is 0.381 e. The molecule has 1 aromatic heterocycles. The number of halogens is 1. The molecule has 100 valence electrons. The first-order valence-electron chi connectivity index (χ1n) is 6.71. The lowest BCUT2D eigenvalue weighted by molar-refractivity contribution is 0.0538. The van der Waals surface area contributed by atoms with E-state index in [1.165, 1.54) is 0 Å². The Hall–Kier alpha value is -0.450. The second kappa shape index (κ2) is 7.22. The minimum atomic E-state index is 0.521. The van der Waals surface area contributed by atoms with E-state index in [-0.39, 0.29) is 0 Å². The van der Waals surface area contributed by atoms with E-state index in [4.69, 9.17) is 4.74 Å². The van der Waals surface area contributed by atoms with E-state index in [2.05, 4.69) is 45.3 Å². The summed E-state index contributed by atoms with van der Waals surface area (Å²) in [5.41, 5.74) is 1.16. The molecular formula is C14H21BrN2O. The molecule has 1 atom stereocenters. The Kier molecular flexibility index (Phi) is 5.60. The Labute approximate surface area is 117 Å². The molecule has 1 unspecified atom stereocenters. The van der Waals surface area contributed by atoms with Gasteiger partial charge in [0.25, 0.3) is 0 Å². The van der Waals surface area contributed by atoms with Crippen molar-refractivity contribution in [2.45, 2.75) is 32.2 Å². The van der Waals surface area contributed by atoms with E-state index in [1.807, 2.05) is 6.20 Å². The Morgan fingerprint density at radius 3 is 2.83 bits per heavy atom. The molecule has 0 radical (unpaired) electrons. The zero-order valence-electron chi connectivity index (χ0n) is 10.9. The first kappa shape index (κ1) is 14.0. The molecule has 1 fully saturated rings. The van der Waals surface area contributed by atoms with Gasteiger partial charge in [-0.15, -0.1) is 0 Å². The van der Waals surface area contributed by atoms with E-state index in [0.29, 0.717) is 12.0 Å². The van der Waals surface area contributed by atoms with Gasteiger partial charge >= 0.3 is 0 Å². The molecule has 2 heterocycles. The van der Waals surface area contributed by atoms with Crippen molar-refractivity contribution < 1.29 is 4.74 Å². The molecule has 1 saturated heterocycles. The molecule has 2 rings (SSSR count). The van der Waals surface area contributed by atoms with Gasteiger partial charge in [-0.05, 0) is 53.4 Å². The molecule has 3 nitrogen and oxygen atoms in total. The van der Waals surface area contributed by atoms with Gasteiger partial charge in [0.05, 0.1) is 0 Å². The number of hydrogen-bond donors (Lipinski definition) is 1. The van der Waals surface area contributed by atoms with Crippen LogP contribution in [0.5, 0.6) is 0 Å². The van der Waals surface area contributed by atoms with Crippen LogP contribution in [0.15, 0.2) is 22.8 Å². The van der Waals surface area contributed by atoms with Crippen LogP contribution in [0.1, 0.15) is 25.5 Å². The Morgan fingerprint density at radius 1 is 1.44 bits per heavy atom. The van der Waals surface area contributed by atoms with Crippen LogP contribution in [-0.4, -0.2) is 30.8 Å². The number of nitrogens with zero attached hydrogens (tertiary/aromatic N) is 1. The summed E-state index contributed by atoms with van der Waals surface area (Å²) in [6.07, 6.45) is 5.20. The summed E-state index contributed by atoms with van der Waals surface area (Å²) in [4.78, 5) is 4.48. The smallest absolute Gasteiger partial charge is 0.0469 e. The van der Waals surface area contributed by atoms with Gasteiger partial charge in [0.2, 0.25) is 0 Å². The number of ether oxygens (including phenoxy) is 1. The molecule has 0 bridgehead atoms. The Bertz CT molecular complexity index is 349. The summed E-state index contributed by atoms with van der Waals surface area (Å²) < 4.78 is 6.48. The maximum atomic E-state index is 5.44. The molecule has 0 saturated carbocycles. The lowest BCUT2D eigenvalue weighted by atomic mass is 9.88. The van der Waals surface area contributed by atoms with Crippen LogP contribution in [0, 0.1) is 5.92 Å². The summed E-state index contributed by atoms with van der Waals surface area (Å²) in [5.74, 6) is 0.712. The molecule has 0 aromatic carbocycles. The summed E-state index contributed by atoms with van der Waals surface area (Å²) in [5, 5.41) is 3.61. The van der Waals surface area contributed by atoms with Gasteiger partial charge < -0.3 is 10.1 Å². The van der Waals surface area contributed by atoms with Crippen molar-refractivity contribution in [1.29, 1.82) is 0 Å². The molecule has 1 aromatic rings. The average Bonchev–Trinajstić information content (AvgIpc) is 2.42. The fourth-order valence-electron chi connectivity index (χ4n) is 2.54. The Balaban J connectivity index is 1.98. The van der Waals surface area contributed by atoms with Crippen molar-refractivity contribution in [2.24, 2.45) is 5.92 Å². The molecule has 1 aliphatic rings. The van der Waals surface area contributed by atoms with Crippen molar-refractivity contribution in [2.75, 3.05) is 19.8 Å². The van der Waals surface area contributed by atoms with Crippen LogP contribution < -0.4 is 5.32 Å². The highest BCUT2D eigenvalue weighted by molar-refractivity contribution is 9.10. The molecule has 1 aliphatic heterocycles. The van der Waals surface area contributed by atoms with E-state index < -0.39 is 0 Å². The number of pyridine rings is 1. The van der Waals surface area contributed by atoms with Crippen LogP contribution in [0.3, 0.4) is 0 Å². The maximum absolute atomic E-state index is 5.44. The zero-order chi connectivity index (χ0) is 12.8. The predicted octanol–water partition coefficient (Wildman–Crippen LogP) is 2.79. The molecule has 1 N–H and O–H groups in total. The normalized spacial score (nSPS) is 18.8. The highest BCUT2D eigenvalue weighted by atomic mass is 79.9. The van der Waals surface area contributed by atoms with Crippen molar-refractivity contribution in [1.82, 2.24) is 10.3 Å². The lowest BCUT2D eigenvalue weighted by Crippen LogP contribution is -2.40. The summed E-state index contributed by atoms with van der Waals surface area (Å²) in [7, 11) is 0. The number of rotatable bonds is 5. The van der Waals surface area contributed by atoms with Crippen molar-refractivity contribution >= 4 is 15.9 Å². The van der Waals surface area contributed by atoms with Gasteiger partial charge in [-0.3, -0.25) is 4.98 Å². The van der Waals surface area contributed by atoms with E-state index >= 15 is 0 Å². The topological polar surface area (TPSA) is 34.2 Å². The van der Waals surface area contributed by atoms with Gasteiger partial charge in [-0.2, -0.15) is 0 Å². The molecule has 0 amide bonds. The molecule has 0 spiro atoms. The highest BCUT2D eigenvalue weighted by Gasteiger charge is 2.23. The van der Waals surface area contributed by atoms with Gasteiger partial charge in [-0.1, -0.05) is 6.92 Å².